The molecule has 1 saturated carbocycles. The standard InChI is InChI=1S/C17H26N4/c1-5-17(8-6-7-9-17)10-21-12(3)11(2)14-15(18)19-13(4)20-16(14)21/h5-10H2,1-4H3,(H2,18,19,20). The first-order valence-corrected chi connectivity index (χ1v) is 8.07. The van der Waals surface area contributed by atoms with Gasteiger partial charge in [0.15, 0.2) is 0 Å². The molecule has 0 aliphatic heterocycles. The third kappa shape index (κ3) is 2.21. The number of hydrogen-bond acceptors (Lipinski definition) is 3. The lowest BCUT2D eigenvalue weighted by molar-refractivity contribution is 0.238. The normalized spacial score (nSPS) is 17.7. The van der Waals surface area contributed by atoms with Crippen molar-refractivity contribution in [3.63, 3.8) is 0 Å². The SMILES string of the molecule is CCC1(Cn2c(C)c(C)c3c(N)nc(C)nc32)CCCC1. The molecule has 1 aliphatic carbocycles. The van der Waals surface area contributed by atoms with Gasteiger partial charge in [-0.2, -0.15) is 0 Å². The van der Waals surface area contributed by atoms with Crippen molar-refractivity contribution in [2.24, 2.45) is 5.41 Å². The largest absolute Gasteiger partial charge is 0.383 e. The number of rotatable bonds is 3. The van der Waals surface area contributed by atoms with Crippen molar-refractivity contribution in [3.8, 4) is 0 Å². The van der Waals surface area contributed by atoms with Gasteiger partial charge in [0.2, 0.25) is 0 Å². The quantitative estimate of drug-likeness (QED) is 0.930. The van der Waals surface area contributed by atoms with E-state index < -0.39 is 0 Å². The molecular formula is C17H26N4. The molecule has 0 bridgehead atoms. The Morgan fingerprint density at radius 2 is 1.81 bits per heavy atom. The van der Waals surface area contributed by atoms with Crippen LogP contribution in [0, 0.1) is 26.2 Å². The van der Waals surface area contributed by atoms with E-state index in [9.17, 15) is 0 Å². The number of aryl methyl sites for hydroxylation is 2. The zero-order valence-electron chi connectivity index (χ0n) is 13.7. The second kappa shape index (κ2) is 5.00. The molecule has 4 nitrogen and oxygen atoms in total. The van der Waals surface area contributed by atoms with Crippen LogP contribution in [0.25, 0.3) is 11.0 Å². The van der Waals surface area contributed by atoms with E-state index in [4.69, 9.17) is 10.7 Å². The fourth-order valence-electron chi connectivity index (χ4n) is 3.95. The Morgan fingerprint density at radius 3 is 2.43 bits per heavy atom. The molecule has 0 aromatic carbocycles. The number of nitrogens with two attached hydrogens (primary N) is 1. The average Bonchev–Trinajstić information content (AvgIpc) is 2.99. The fraction of sp³-hybridized carbons (Fsp3) is 0.647. The second-order valence-electron chi connectivity index (χ2n) is 6.71. The van der Waals surface area contributed by atoms with Gasteiger partial charge in [0.1, 0.15) is 17.3 Å². The number of fused-ring (bicyclic) bond motifs is 1. The molecule has 3 rings (SSSR count). The van der Waals surface area contributed by atoms with E-state index in [0.717, 1.165) is 23.4 Å². The summed E-state index contributed by atoms with van der Waals surface area (Å²) in [6.07, 6.45) is 6.63. The Kier molecular flexibility index (Phi) is 3.42. The van der Waals surface area contributed by atoms with Crippen molar-refractivity contribution < 1.29 is 0 Å². The molecule has 0 spiro atoms. The maximum absolute atomic E-state index is 6.15. The van der Waals surface area contributed by atoms with Crippen molar-refractivity contribution in [2.45, 2.75) is 66.3 Å². The molecule has 2 heterocycles. The highest BCUT2D eigenvalue weighted by atomic mass is 15.1. The van der Waals surface area contributed by atoms with Crippen LogP contribution in [0.2, 0.25) is 0 Å². The van der Waals surface area contributed by atoms with E-state index >= 15 is 0 Å². The maximum Gasteiger partial charge on any atom is 0.146 e. The highest BCUT2D eigenvalue weighted by Gasteiger charge is 2.33. The Balaban J connectivity index is 2.16. The van der Waals surface area contributed by atoms with Crippen molar-refractivity contribution in [1.82, 2.24) is 14.5 Å². The van der Waals surface area contributed by atoms with Crippen LogP contribution in [0.15, 0.2) is 0 Å². The summed E-state index contributed by atoms with van der Waals surface area (Å²) in [6, 6.07) is 0. The van der Waals surface area contributed by atoms with Gasteiger partial charge in [0.05, 0.1) is 5.39 Å². The van der Waals surface area contributed by atoms with Crippen LogP contribution in [0.3, 0.4) is 0 Å². The molecule has 0 atom stereocenters. The molecule has 21 heavy (non-hydrogen) atoms. The highest BCUT2D eigenvalue weighted by Crippen LogP contribution is 2.43. The number of anilines is 1. The van der Waals surface area contributed by atoms with Crippen LogP contribution < -0.4 is 5.73 Å². The van der Waals surface area contributed by atoms with Gasteiger partial charge in [0, 0.05) is 12.2 Å². The van der Waals surface area contributed by atoms with Gasteiger partial charge in [-0.3, -0.25) is 0 Å². The van der Waals surface area contributed by atoms with Crippen LogP contribution in [0.4, 0.5) is 5.82 Å². The van der Waals surface area contributed by atoms with E-state index in [-0.39, 0.29) is 0 Å². The van der Waals surface area contributed by atoms with E-state index in [2.05, 4.69) is 30.3 Å². The zero-order chi connectivity index (χ0) is 15.2. The highest BCUT2D eigenvalue weighted by molar-refractivity contribution is 5.91. The number of hydrogen-bond donors (Lipinski definition) is 1. The second-order valence-corrected chi connectivity index (χ2v) is 6.71. The molecule has 4 heteroatoms. The van der Waals surface area contributed by atoms with Crippen LogP contribution in [0.1, 0.15) is 56.1 Å². The van der Waals surface area contributed by atoms with Crippen LogP contribution in [-0.4, -0.2) is 14.5 Å². The fourth-order valence-corrected chi connectivity index (χ4v) is 3.95. The van der Waals surface area contributed by atoms with Gasteiger partial charge in [0.25, 0.3) is 0 Å². The predicted octanol–water partition coefficient (Wildman–Crippen LogP) is 3.91. The zero-order valence-corrected chi connectivity index (χ0v) is 13.7. The summed E-state index contributed by atoms with van der Waals surface area (Å²) in [5.74, 6) is 1.38. The number of nitrogens with zero attached hydrogens (tertiary/aromatic N) is 3. The Hall–Kier alpha value is -1.58. The van der Waals surface area contributed by atoms with E-state index in [1.165, 1.54) is 43.4 Å². The lowest BCUT2D eigenvalue weighted by atomic mass is 9.83. The van der Waals surface area contributed by atoms with E-state index in [1.807, 2.05) is 6.92 Å². The van der Waals surface area contributed by atoms with Crippen molar-refractivity contribution in [3.05, 3.63) is 17.1 Å². The molecule has 0 unspecified atom stereocenters. The van der Waals surface area contributed by atoms with E-state index in [0.29, 0.717) is 11.2 Å². The van der Waals surface area contributed by atoms with Crippen molar-refractivity contribution >= 4 is 16.9 Å². The molecule has 0 saturated heterocycles. The minimum Gasteiger partial charge on any atom is -0.383 e. The third-order valence-corrected chi connectivity index (χ3v) is 5.52. The molecule has 2 aromatic heterocycles. The van der Waals surface area contributed by atoms with Gasteiger partial charge in [-0.1, -0.05) is 19.8 Å². The molecule has 1 fully saturated rings. The Bertz CT molecular complexity index is 678. The van der Waals surface area contributed by atoms with Gasteiger partial charge in [-0.15, -0.1) is 0 Å². The first-order chi connectivity index (χ1) is 9.97. The van der Waals surface area contributed by atoms with Crippen LogP contribution in [0.5, 0.6) is 0 Å². The summed E-state index contributed by atoms with van der Waals surface area (Å²) in [7, 11) is 0. The van der Waals surface area contributed by atoms with Gasteiger partial charge < -0.3 is 10.3 Å². The first-order valence-electron chi connectivity index (χ1n) is 8.07. The Labute approximate surface area is 126 Å². The van der Waals surface area contributed by atoms with Crippen LogP contribution in [-0.2, 0) is 6.54 Å². The minimum absolute atomic E-state index is 0.441. The maximum atomic E-state index is 6.15. The van der Waals surface area contributed by atoms with Crippen LogP contribution >= 0.6 is 0 Å². The lowest BCUT2D eigenvalue weighted by Gasteiger charge is -2.29. The Morgan fingerprint density at radius 1 is 1.14 bits per heavy atom. The monoisotopic (exact) mass is 286 g/mol. The smallest absolute Gasteiger partial charge is 0.146 e. The molecule has 1 aliphatic rings. The summed E-state index contributed by atoms with van der Waals surface area (Å²) in [4.78, 5) is 9.04. The number of aromatic nitrogens is 3. The molecule has 0 amide bonds. The van der Waals surface area contributed by atoms with Gasteiger partial charge in [-0.25, -0.2) is 9.97 Å². The molecule has 2 N–H and O–H groups in total. The van der Waals surface area contributed by atoms with Crippen molar-refractivity contribution in [1.29, 1.82) is 0 Å². The van der Waals surface area contributed by atoms with Gasteiger partial charge >= 0.3 is 0 Å². The average molecular weight is 286 g/mol. The molecule has 114 valence electrons. The molecule has 2 aromatic rings. The minimum atomic E-state index is 0.441. The molecule has 0 radical (unpaired) electrons. The van der Waals surface area contributed by atoms with Crippen molar-refractivity contribution in [2.75, 3.05) is 5.73 Å². The summed E-state index contributed by atoms with van der Waals surface area (Å²) in [5.41, 5.74) is 10.1. The summed E-state index contributed by atoms with van der Waals surface area (Å²) in [6.45, 7) is 9.63. The summed E-state index contributed by atoms with van der Waals surface area (Å²) >= 11 is 0. The predicted molar refractivity (Wildman–Crippen MR) is 87.3 cm³/mol. The third-order valence-electron chi connectivity index (χ3n) is 5.52. The van der Waals surface area contributed by atoms with E-state index in [1.54, 1.807) is 0 Å². The topological polar surface area (TPSA) is 56.7 Å². The lowest BCUT2D eigenvalue weighted by Crippen LogP contribution is -2.23. The summed E-state index contributed by atoms with van der Waals surface area (Å²) in [5, 5.41) is 1.04. The first kappa shape index (κ1) is 14.4. The molecular weight excluding hydrogens is 260 g/mol. The number of nitrogen functional groups attached to an aromatic ring is 1. The summed E-state index contributed by atoms with van der Waals surface area (Å²) < 4.78 is 2.39. The van der Waals surface area contributed by atoms with Gasteiger partial charge in [-0.05, 0) is 51.0 Å².